The van der Waals surface area contributed by atoms with Crippen molar-refractivity contribution in [2.45, 2.75) is 24.3 Å². The molecule has 0 aliphatic carbocycles. The molecule has 0 spiro atoms. The van der Waals surface area contributed by atoms with Crippen LogP contribution in [0.1, 0.15) is 19.1 Å². The highest BCUT2D eigenvalue weighted by Gasteiger charge is 2.19. The van der Waals surface area contributed by atoms with Crippen LogP contribution in [0.25, 0.3) is 5.69 Å². The molecule has 0 bridgehead atoms. The van der Waals surface area contributed by atoms with Crippen LogP contribution in [0.3, 0.4) is 0 Å². The lowest BCUT2D eigenvalue weighted by molar-refractivity contribution is -0.115. The fourth-order valence-corrected chi connectivity index (χ4v) is 3.37. The van der Waals surface area contributed by atoms with Gasteiger partial charge >= 0.3 is 0 Å². The predicted octanol–water partition coefficient (Wildman–Crippen LogP) is 3.41. The van der Waals surface area contributed by atoms with Gasteiger partial charge in [0.25, 0.3) is 5.56 Å². The van der Waals surface area contributed by atoms with Gasteiger partial charge in [-0.3, -0.25) is 14.7 Å². The van der Waals surface area contributed by atoms with E-state index in [4.69, 9.17) is 4.42 Å². The zero-order valence-corrected chi connectivity index (χ0v) is 14.6. The molecular formula is C18H19N3O3S. The van der Waals surface area contributed by atoms with E-state index < -0.39 is 0 Å². The number of amides is 1. The number of anilines is 1. The topological polar surface area (TPSA) is 80.0 Å². The molecule has 1 aromatic carbocycles. The third-order valence-corrected chi connectivity index (χ3v) is 5.06. The van der Waals surface area contributed by atoms with Gasteiger partial charge in [0.2, 0.25) is 5.91 Å². The Morgan fingerprint density at radius 3 is 2.76 bits per heavy atom. The fourth-order valence-electron chi connectivity index (χ4n) is 2.40. The Labute approximate surface area is 149 Å². The zero-order valence-electron chi connectivity index (χ0n) is 13.8. The Bertz CT molecular complexity index is 869. The normalized spacial score (nSPS) is 12.0. The van der Waals surface area contributed by atoms with Crippen molar-refractivity contribution in [3.05, 3.63) is 70.9 Å². The number of hydrogen-bond donors (Lipinski definition) is 2. The number of carbonyl (C=O) groups excluding carboxylic acids is 1. The average molecular weight is 357 g/mol. The molecule has 0 fully saturated rings. The number of furan rings is 1. The van der Waals surface area contributed by atoms with Crippen molar-refractivity contribution in [1.82, 2.24) is 9.78 Å². The van der Waals surface area contributed by atoms with Crippen molar-refractivity contribution < 1.29 is 9.21 Å². The van der Waals surface area contributed by atoms with Crippen molar-refractivity contribution in [3.8, 4) is 5.69 Å². The number of aromatic amines is 1. The van der Waals surface area contributed by atoms with Crippen LogP contribution in [0.15, 0.2) is 64.0 Å². The van der Waals surface area contributed by atoms with Gasteiger partial charge in [0, 0.05) is 6.07 Å². The van der Waals surface area contributed by atoms with E-state index in [0.29, 0.717) is 23.7 Å². The van der Waals surface area contributed by atoms with Crippen LogP contribution in [-0.2, 0) is 10.5 Å². The molecule has 1 atom stereocenters. The summed E-state index contributed by atoms with van der Waals surface area (Å²) in [6, 6.07) is 14.3. The highest BCUT2D eigenvalue weighted by atomic mass is 32.2. The average Bonchev–Trinajstić information content (AvgIpc) is 3.26. The lowest BCUT2D eigenvalue weighted by Crippen LogP contribution is -2.25. The van der Waals surface area contributed by atoms with Gasteiger partial charge in [-0.1, -0.05) is 25.1 Å². The van der Waals surface area contributed by atoms with Crippen LogP contribution in [0.2, 0.25) is 0 Å². The summed E-state index contributed by atoms with van der Waals surface area (Å²) in [6.07, 6.45) is 2.30. The third-order valence-electron chi connectivity index (χ3n) is 3.66. The maximum Gasteiger partial charge on any atom is 0.273 e. The van der Waals surface area contributed by atoms with E-state index in [2.05, 4.69) is 10.4 Å². The lowest BCUT2D eigenvalue weighted by atomic mass is 10.3. The summed E-state index contributed by atoms with van der Waals surface area (Å²) in [6.45, 7) is 1.96. The molecule has 7 heteroatoms. The maximum absolute atomic E-state index is 12.5. The third kappa shape index (κ3) is 4.24. The van der Waals surface area contributed by atoms with Crippen molar-refractivity contribution in [1.29, 1.82) is 0 Å². The van der Waals surface area contributed by atoms with Crippen LogP contribution < -0.4 is 10.9 Å². The van der Waals surface area contributed by atoms with Crippen LogP contribution >= 0.6 is 11.8 Å². The van der Waals surface area contributed by atoms with Crippen LogP contribution in [0.4, 0.5) is 5.82 Å². The first kappa shape index (κ1) is 17.2. The molecule has 2 N–H and O–H groups in total. The molecule has 2 heterocycles. The smallest absolute Gasteiger partial charge is 0.273 e. The molecule has 3 rings (SSSR count). The summed E-state index contributed by atoms with van der Waals surface area (Å²) in [5.41, 5.74) is 0.491. The molecule has 0 aliphatic rings. The van der Waals surface area contributed by atoms with Gasteiger partial charge in [0.05, 0.1) is 23.0 Å². The summed E-state index contributed by atoms with van der Waals surface area (Å²) in [5, 5.41) is 5.48. The zero-order chi connectivity index (χ0) is 17.6. The Morgan fingerprint density at radius 1 is 1.28 bits per heavy atom. The number of aromatic nitrogens is 2. The first-order valence-corrected chi connectivity index (χ1v) is 9.04. The number of rotatable bonds is 7. The van der Waals surface area contributed by atoms with Crippen molar-refractivity contribution >= 4 is 23.5 Å². The number of nitrogens with zero attached hydrogens (tertiary/aromatic N) is 1. The maximum atomic E-state index is 12.5. The van der Waals surface area contributed by atoms with E-state index in [1.54, 1.807) is 6.26 Å². The molecule has 0 radical (unpaired) electrons. The molecule has 3 aromatic rings. The number of para-hydroxylation sites is 1. The van der Waals surface area contributed by atoms with Gasteiger partial charge in [-0.25, -0.2) is 4.68 Å². The van der Waals surface area contributed by atoms with E-state index in [1.807, 2.05) is 49.4 Å². The van der Waals surface area contributed by atoms with Gasteiger partial charge in [0.1, 0.15) is 11.6 Å². The number of carbonyl (C=O) groups is 1. The van der Waals surface area contributed by atoms with E-state index >= 15 is 0 Å². The molecule has 0 saturated heterocycles. The molecule has 25 heavy (non-hydrogen) atoms. The Balaban J connectivity index is 1.66. The second-order valence-electron chi connectivity index (χ2n) is 5.46. The minimum atomic E-state index is -0.228. The number of benzene rings is 1. The Kier molecular flexibility index (Phi) is 5.45. The first-order chi connectivity index (χ1) is 12.2. The van der Waals surface area contributed by atoms with Crippen molar-refractivity contribution in [2.75, 3.05) is 5.32 Å². The molecule has 130 valence electrons. The number of H-pyrrole nitrogens is 1. The minimum Gasteiger partial charge on any atom is -0.468 e. The molecule has 2 aromatic heterocycles. The standard InChI is InChI=1S/C18H19N3O3S/c1-2-15(25-12-14-9-6-10-24-14)18(23)19-16-11-17(22)21(20-16)13-7-4-3-5-8-13/h3-11,15,20H,2,12H2,1H3,(H,19,23). The monoisotopic (exact) mass is 357 g/mol. The van der Waals surface area contributed by atoms with E-state index in [9.17, 15) is 9.59 Å². The van der Waals surface area contributed by atoms with Gasteiger partial charge in [0.15, 0.2) is 0 Å². The van der Waals surface area contributed by atoms with Crippen LogP contribution in [0.5, 0.6) is 0 Å². The Hall–Kier alpha value is -2.67. The molecule has 0 aliphatic heterocycles. The molecule has 1 unspecified atom stereocenters. The number of nitrogens with one attached hydrogen (secondary N) is 2. The summed E-state index contributed by atoms with van der Waals surface area (Å²) in [7, 11) is 0. The second kappa shape index (κ2) is 7.94. The second-order valence-corrected chi connectivity index (χ2v) is 6.65. The summed E-state index contributed by atoms with van der Waals surface area (Å²) in [5.74, 6) is 1.71. The van der Waals surface area contributed by atoms with E-state index in [-0.39, 0.29) is 16.7 Å². The van der Waals surface area contributed by atoms with Gasteiger partial charge in [-0.05, 0) is 30.7 Å². The highest BCUT2D eigenvalue weighted by molar-refractivity contribution is 7.99. The van der Waals surface area contributed by atoms with Crippen LogP contribution in [-0.4, -0.2) is 20.9 Å². The van der Waals surface area contributed by atoms with Gasteiger partial charge in [-0.2, -0.15) is 0 Å². The first-order valence-electron chi connectivity index (χ1n) is 7.99. The van der Waals surface area contributed by atoms with Crippen molar-refractivity contribution in [3.63, 3.8) is 0 Å². The summed E-state index contributed by atoms with van der Waals surface area (Å²) >= 11 is 1.51. The minimum absolute atomic E-state index is 0.138. The van der Waals surface area contributed by atoms with Crippen LogP contribution in [0, 0.1) is 0 Å². The summed E-state index contributed by atoms with van der Waals surface area (Å²) in [4.78, 5) is 24.6. The largest absolute Gasteiger partial charge is 0.468 e. The Morgan fingerprint density at radius 2 is 2.08 bits per heavy atom. The van der Waals surface area contributed by atoms with Crippen molar-refractivity contribution in [2.24, 2.45) is 0 Å². The SMILES string of the molecule is CCC(SCc1ccco1)C(=O)Nc1cc(=O)n(-c2ccccc2)[nH]1. The molecule has 0 saturated carbocycles. The fraction of sp³-hybridized carbons (Fsp3) is 0.222. The molecule has 1 amide bonds. The predicted molar refractivity (Wildman–Crippen MR) is 99.1 cm³/mol. The highest BCUT2D eigenvalue weighted by Crippen LogP contribution is 2.22. The van der Waals surface area contributed by atoms with Gasteiger partial charge in [-0.15, -0.1) is 11.8 Å². The lowest BCUT2D eigenvalue weighted by Gasteiger charge is -2.13. The summed E-state index contributed by atoms with van der Waals surface area (Å²) < 4.78 is 6.69. The van der Waals surface area contributed by atoms with E-state index in [0.717, 1.165) is 5.76 Å². The molecular weight excluding hydrogens is 338 g/mol. The number of hydrogen-bond acceptors (Lipinski definition) is 4. The van der Waals surface area contributed by atoms with Gasteiger partial charge < -0.3 is 9.73 Å². The quantitative estimate of drug-likeness (QED) is 0.679. The van der Waals surface area contributed by atoms with E-state index in [1.165, 1.54) is 22.5 Å². The molecule has 6 nitrogen and oxygen atoms in total. The number of thioether (sulfide) groups is 1.